The lowest BCUT2D eigenvalue weighted by molar-refractivity contribution is 0.0330. The highest BCUT2D eigenvalue weighted by Crippen LogP contribution is 2.31. The number of hydrogen-bond acceptors (Lipinski definition) is 5. The van der Waals surface area contributed by atoms with Gasteiger partial charge in [-0.1, -0.05) is 45.4 Å². The van der Waals surface area contributed by atoms with Gasteiger partial charge in [-0.25, -0.2) is 9.48 Å². The maximum atomic E-state index is 13.0. The fourth-order valence-corrected chi connectivity index (χ4v) is 4.20. The third kappa shape index (κ3) is 6.59. The Hall–Kier alpha value is -2.87. The number of benzene rings is 1. The lowest BCUT2D eigenvalue weighted by atomic mass is 9.79. The van der Waals surface area contributed by atoms with E-state index in [-0.39, 0.29) is 18.6 Å². The van der Waals surface area contributed by atoms with Crippen LogP contribution in [0, 0.1) is 11.3 Å². The summed E-state index contributed by atoms with van der Waals surface area (Å²) in [6.45, 7) is 8.04. The second-order valence-electron chi connectivity index (χ2n) is 9.66. The van der Waals surface area contributed by atoms with Crippen LogP contribution in [0.4, 0.5) is 4.79 Å². The monoisotopic (exact) mass is 470 g/mol. The molecule has 2 amide bonds. The summed E-state index contributed by atoms with van der Waals surface area (Å²) in [7, 11) is 0. The van der Waals surface area contributed by atoms with Crippen LogP contribution in [0.1, 0.15) is 62.6 Å². The summed E-state index contributed by atoms with van der Waals surface area (Å²) >= 11 is 0. The highest BCUT2D eigenvalue weighted by atomic mass is 16.6. The number of nitrogens with one attached hydrogen (secondary N) is 1. The number of amides is 2. The minimum atomic E-state index is -0.460. The van der Waals surface area contributed by atoms with Crippen molar-refractivity contribution in [1.82, 2.24) is 20.0 Å². The summed E-state index contributed by atoms with van der Waals surface area (Å²) in [6, 6.07) is 11.6. The quantitative estimate of drug-likeness (QED) is 0.515. The Morgan fingerprint density at radius 1 is 1.21 bits per heavy atom. The van der Waals surface area contributed by atoms with Crippen molar-refractivity contribution in [2.24, 2.45) is 11.3 Å². The average molecular weight is 471 g/mol. The maximum Gasteiger partial charge on any atom is 0.409 e. The van der Waals surface area contributed by atoms with Crippen LogP contribution < -0.4 is 5.32 Å². The van der Waals surface area contributed by atoms with Gasteiger partial charge in [-0.3, -0.25) is 4.79 Å². The van der Waals surface area contributed by atoms with Crippen molar-refractivity contribution in [3.8, 4) is 5.69 Å². The van der Waals surface area contributed by atoms with Gasteiger partial charge in [0.25, 0.3) is 5.91 Å². The van der Waals surface area contributed by atoms with Crippen LogP contribution in [-0.2, 0) is 11.2 Å². The van der Waals surface area contributed by atoms with E-state index >= 15 is 0 Å². The molecule has 1 aliphatic heterocycles. The van der Waals surface area contributed by atoms with Crippen molar-refractivity contribution in [1.29, 1.82) is 0 Å². The van der Waals surface area contributed by atoms with E-state index in [0.717, 1.165) is 30.6 Å². The maximum absolute atomic E-state index is 13.0. The molecule has 1 aliphatic rings. The number of ether oxygens (including phenoxy) is 1. The summed E-state index contributed by atoms with van der Waals surface area (Å²) in [6.07, 6.45) is 3.54. The summed E-state index contributed by atoms with van der Waals surface area (Å²) in [4.78, 5) is 26.9. The van der Waals surface area contributed by atoms with Gasteiger partial charge >= 0.3 is 6.09 Å². The van der Waals surface area contributed by atoms with Crippen molar-refractivity contribution >= 4 is 12.0 Å². The van der Waals surface area contributed by atoms with E-state index in [1.165, 1.54) is 0 Å². The van der Waals surface area contributed by atoms with Crippen molar-refractivity contribution in [2.45, 2.75) is 52.9 Å². The normalized spacial score (nSPS) is 15.4. The largest absolute Gasteiger partial charge is 0.449 e. The summed E-state index contributed by atoms with van der Waals surface area (Å²) in [5.41, 5.74) is 1.81. The van der Waals surface area contributed by atoms with E-state index in [1.54, 1.807) is 4.90 Å². The number of likely N-dealkylation sites (tertiary alicyclic amines) is 1. The van der Waals surface area contributed by atoms with Gasteiger partial charge in [0.05, 0.1) is 18.9 Å². The van der Waals surface area contributed by atoms with Crippen LogP contribution in [0.3, 0.4) is 0 Å². The Morgan fingerprint density at radius 2 is 1.91 bits per heavy atom. The van der Waals surface area contributed by atoms with Crippen molar-refractivity contribution in [3.05, 3.63) is 47.8 Å². The van der Waals surface area contributed by atoms with Gasteiger partial charge in [0.1, 0.15) is 0 Å². The molecule has 3 rings (SSSR count). The number of unbranched alkanes of at least 4 members (excludes halogenated alkanes) is 1. The smallest absolute Gasteiger partial charge is 0.409 e. The van der Waals surface area contributed by atoms with Gasteiger partial charge in [0, 0.05) is 30.7 Å². The average Bonchev–Trinajstić information content (AvgIpc) is 3.26. The Bertz CT molecular complexity index is 934. The van der Waals surface area contributed by atoms with Crippen LogP contribution in [0.25, 0.3) is 5.69 Å². The molecule has 2 heterocycles. The number of aromatic nitrogens is 2. The Morgan fingerprint density at radius 3 is 2.53 bits per heavy atom. The molecule has 0 atom stereocenters. The first kappa shape index (κ1) is 25.7. The minimum absolute atomic E-state index is 0.0525. The van der Waals surface area contributed by atoms with Gasteiger partial charge in [0.2, 0.25) is 0 Å². The van der Waals surface area contributed by atoms with Crippen molar-refractivity contribution in [2.75, 3.05) is 32.8 Å². The predicted molar refractivity (Wildman–Crippen MR) is 131 cm³/mol. The first-order valence-electron chi connectivity index (χ1n) is 12.3. The number of carbonyl (C=O) groups excluding carboxylic acids is 2. The van der Waals surface area contributed by atoms with Gasteiger partial charge in [-0.2, -0.15) is 5.10 Å². The number of carbonyl (C=O) groups is 2. The lowest BCUT2D eigenvalue weighted by Crippen LogP contribution is -2.49. The molecule has 2 aromatic rings. The molecule has 1 aromatic carbocycles. The summed E-state index contributed by atoms with van der Waals surface area (Å²) in [5, 5.41) is 17.7. The number of piperidine rings is 1. The van der Waals surface area contributed by atoms with Crippen LogP contribution in [-0.4, -0.2) is 64.6 Å². The van der Waals surface area contributed by atoms with Crippen LogP contribution in [0.15, 0.2) is 36.4 Å². The minimum Gasteiger partial charge on any atom is -0.449 e. The Kier molecular flexibility index (Phi) is 9.10. The van der Waals surface area contributed by atoms with Gasteiger partial charge in [-0.05, 0) is 49.8 Å². The summed E-state index contributed by atoms with van der Waals surface area (Å²) < 4.78 is 7.13. The predicted octanol–water partition coefficient (Wildman–Crippen LogP) is 3.81. The molecule has 8 nitrogen and oxygen atoms in total. The number of hydrogen-bond donors (Lipinski definition) is 2. The van der Waals surface area contributed by atoms with Gasteiger partial charge in [0.15, 0.2) is 5.69 Å². The van der Waals surface area contributed by atoms with Crippen LogP contribution in [0.5, 0.6) is 0 Å². The molecule has 0 radical (unpaired) electrons. The third-order valence-corrected chi connectivity index (χ3v) is 6.40. The molecule has 0 saturated carbocycles. The molecule has 0 spiro atoms. The molecular weight excluding hydrogens is 432 g/mol. The van der Waals surface area contributed by atoms with Gasteiger partial charge < -0.3 is 20.1 Å². The Balaban J connectivity index is 1.62. The third-order valence-electron chi connectivity index (χ3n) is 6.40. The molecule has 2 N–H and O–H groups in total. The molecule has 1 fully saturated rings. The van der Waals surface area contributed by atoms with E-state index in [4.69, 9.17) is 4.74 Å². The first-order valence-corrected chi connectivity index (χ1v) is 12.3. The highest BCUT2D eigenvalue weighted by molar-refractivity contribution is 5.92. The van der Waals surface area contributed by atoms with E-state index in [1.807, 2.05) is 41.1 Å². The number of aliphatic hydroxyl groups is 1. The second kappa shape index (κ2) is 12.0. The molecule has 34 heavy (non-hydrogen) atoms. The zero-order chi connectivity index (χ0) is 24.6. The highest BCUT2D eigenvalue weighted by Gasteiger charge is 2.36. The fraction of sp³-hybridized carbons (Fsp3) is 0.577. The van der Waals surface area contributed by atoms with Crippen LogP contribution >= 0.6 is 0 Å². The number of nitrogens with zero attached hydrogens (tertiary/aromatic N) is 3. The van der Waals surface area contributed by atoms with E-state index < -0.39 is 5.41 Å². The van der Waals surface area contributed by atoms with E-state index in [0.29, 0.717) is 50.7 Å². The number of rotatable bonds is 10. The Labute approximate surface area is 202 Å². The molecular formula is C26H38N4O4. The van der Waals surface area contributed by atoms with Crippen molar-refractivity contribution < 1.29 is 19.4 Å². The zero-order valence-electron chi connectivity index (χ0n) is 20.6. The molecule has 186 valence electrons. The molecule has 0 aliphatic carbocycles. The lowest BCUT2D eigenvalue weighted by Gasteiger charge is -2.40. The molecule has 0 unspecified atom stereocenters. The van der Waals surface area contributed by atoms with Crippen LogP contribution in [0.2, 0.25) is 0 Å². The molecule has 1 saturated heterocycles. The first-order chi connectivity index (χ1) is 16.4. The van der Waals surface area contributed by atoms with E-state index in [9.17, 15) is 14.7 Å². The molecule has 1 aromatic heterocycles. The molecule has 0 bridgehead atoms. The fourth-order valence-electron chi connectivity index (χ4n) is 4.20. The number of para-hydroxylation sites is 1. The second-order valence-corrected chi connectivity index (χ2v) is 9.66. The topological polar surface area (TPSA) is 96.7 Å². The SMILES string of the molecule is CCCCOC(=O)N1CCC(CO)(CNC(=O)c2cc(CC(C)C)n(-c3ccccc3)n2)CC1. The zero-order valence-corrected chi connectivity index (χ0v) is 20.6. The molecule has 8 heteroatoms. The van der Waals surface area contributed by atoms with Gasteiger partial charge in [-0.15, -0.1) is 0 Å². The summed E-state index contributed by atoms with van der Waals surface area (Å²) in [5.74, 6) is 0.167. The van der Waals surface area contributed by atoms with Crippen molar-refractivity contribution in [3.63, 3.8) is 0 Å². The van der Waals surface area contributed by atoms with E-state index in [2.05, 4.69) is 31.2 Å². The standard InChI is InChI=1S/C26H38N4O4/c1-4-5-15-34-25(33)29-13-11-26(19-31,12-14-29)18-27-24(32)23-17-22(16-20(2)3)30(28-23)21-9-7-6-8-10-21/h6-10,17,20,31H,4-5,11-16,18-19H2,1-3H3,(H,27,32). The number of aliphatic hydroxyl groups excluding tert-OH is 1.